The van der Waals surface area contributed by atoms with Crippen LogP contribution in [0.2, 0.25) is 0 Å². The summed E-state index contributed by atoms with van der Waals surface area (Å²) in [5.74, 6) is 0. The Morgan fingerprint density at radius 1 is 1.22 bits per heavy atom. The Kier molecular flexibility index (Phi) is 4.79. The fourth-order valence-electron chi connectivity index (χ4n) is 2.24. The smallest absolute Gasteiger partial charge is 0.0645 e. The summed E-state index contributed by atoms with van der Waals surface area (Å²) in [6.07, 6.45) is 2.15. The van der Waals surface area contributed by atoms with Gasteiger partial charge in [0.05, 0.1) is 12.1 Å². The molecule has 0 fully saturated rings. The lowest BCUT2D eigenvalue weighted by atomic mass is 10.1. The van der Waals surface area contributed by atoms with E-state index in [1.165, 1.54) is 16.5 Å². The van der Waals surface area contributed by atoms with Gasteiger partial charge in [0.1, 0.15) is 0 Å². The van der Waals surface area contributed by atoms with Crippen molar-refractivity contribution in [1.29, 1.82) is 0 Å². The maximum absolute atomic E-state index is 5.44. The van der Waals surface area contributed by atoms with Crippen molar-refractivity contribution in [3.63, 3.8) is 0 Å². The summed E-state index contributed by atoms with van der Waals surface area (Å²) in [5, 5.41) is 4.70. The van der Waals surface area contributed by atoms with E-state index in [1.807, 2.05) is 6.92 Å². The van der Waals surface area contributed by atoms with Crippen molar-refractivity contribution in [2.24, 2.45) is 0 Å². The van der Waals surface area contributed by atoms with Crippen LogP contribution in [-0.2, 0) is 17.8 Å². The second-order valence-corrected chi connectivity index (χ2v) is 4.34. The van der Waals surface area contributed by atoms with Gasteiger partial charge in [-0.25, -0.2) is 0 Å². The Bertz CT molecular complexity index is 490. The van der Waals surface area contributed by atoms with Crippen LogP contribution in [0.5, 0.6) is 0 Å². The number of benzene rings is 1. The first kappa shape index (κ1) is 13.1. The van der Waals surface area contributed by atoms with Gasteiger partial charge in [-0.2, -0.15) is 0 Å². The number of nitrogens with zero attached hydrogens (tertiary/aromatic N) is 1. The van der Waals surface area contributed by atoms with E-state index in [-0.39, 0.29) is 0 Å². The highest BCUT2D eigenvalue weighted by Crippen LogP contribution is 2.20. The Morgan fingerprint density at radius 2 is 2.11 bits per heavy atom. The van der Waals surface area contributed by atoms with Gasteiger partial charge in [0.25, 0.3) is 0 Å². The van der Waals surface area contributed by atoms with Crippen LogP contribution in [0.3, 0.4) is 0 Å². The standard InChI is InChI=1S/C15H22N2O/c1-3-16-12-14-7-5-6-13-8-9-17(15(13)14)10-11-18-4-2/h5-9,16H,3-4,10-12H2,1-2H3. The number of nitrogens with one attached hydrogen (secondary N) is 1. The van der Waals surface area contributed by atoms with Crippen molar-refractivity contribution in [2.45, 2.75) is 26.9 Å². The van der Waals surface area contributed by atoms with Crippen LogP contribution in [0.25, 0.3) is 10.9 Å². The van der Waals surface area contributed by atoms with Crippen LogP contribution in [-0.4, -0.2) is 24.3 Å². The van der Waals surface area contributed by atoms with Crippen LogP contribution in [0.1, 0.15) is 19.4 Å². The van der Waals surface area contributed by atoms with Gasteiger partial charge in [-0.3, -0.25) is 0 Å². The van der Waals surface area contributed by atoms with E-state index >= 15 is 0 Å². The molecule has 0 aliphatic heterocycles. The highest BCUT2D eigenvalue weighted by molar-refractivity contribution is 5.83. The van der Waals surface area contributed by atoms with Gasteiger partial charge in [-0.05, 0) is 30.5 Å². The molecule has 0 aliphatic rings. The Morgan fingerprint density at radius 3 is 2.89 bits per heavy atom. The van der Waals surface area contributed by atoms with Gasteiger partial charge >= 0.3 is 0 Å². The van der Waals surface area contributed by atoms with Crippen molar-refractivity contribution >= 4 is 10.9 Å². The van der Waals surface area contributed by atoms with E-state index in [0.717, 1.165) is 32.8 Å². The summed E-state index contributed by atoms with van der Waals surface area (Å²) in [7, 11) is 0. The van der Waals surface area contributed by atoms with E-state index in [1.54, 1.807) is 0 Å². The second-order valence-electron chi connectivity index (χ2n) is 4.34. The lowest BCUT2D eigenvalue weighted by molar-refractivity contribution is 0.140. The highest BCUT2D eigenvalue weighted by atomic mass is 16.5. The second kappa shape index (κ2) is 6.57. The number of rotatable bonds is 7. The quantitative estimate of drug-likeness (QED) is 0.760. The third kappa shape index (κ3) is 2.92. The highest BCUT2D eigenvalue weighted by Gasteiger charge is 2.05. The minimum absolute atomic E-state index is 0.774. The van der Waals surface area contributed by atoms with Crippen molar-refractivity contribution < 1.29 is 4.74 Å². The number of fused-ring (bicyclic) bond motifs is 1. The molecule has 1 N–H and O–H groups in total. The lowest BCUT2D eigenvalue weighted by Crippen LogP contribution is -2.13. The van der Waals surface area contributed by atoms with Gasteiger partial charge in [-0.15, -0.1) is 0 Å². The average molecular weight is 246 g/mol. The molecule has 0 atom stereocenters. The van der Waals surface area contributed by atoms with E-state index < -0.39 is 0 Å². The first-order chi connectivity index (χ1) is 8.86. The zero-order chi connectivity index (χ0) is 12.8. The predicted octanol–water partition coefficient (Wildman–Crippen LogP) is 2.79. The van der Waals surface area contributed by atoms with E-state index in [4.69, 9.17) is 4.74 Å². The average Bonchev–Trinajstić information content (AvgIpc) is 2.81. The fraction of sp³-hybridized carbons (Fsp3) is 0.467. The van der Waals surface area contributed by atoms with Crippen LogP contribution in [0.4, 0.5) is 0 Å². The van der Waals surface area contributed by atoms with E-state index in [2.05, 4.69) is 47.3 Å². The minimum atomic E-state index is 0.774. The molecule has 0 radical (unpaired) electrons. The molecular formula is C15H22N2O. The summed E-state index contributed by atoms with van der Waals surface area (Å²) in [4.78, 5) is 0. The van der Waals surface area contributed by atoms with Crippen molar-refractivity contribution in [1.82, 2.24) is 9.88 Å². The van der Waals surface area contributed by atoms with Crippen LogP contribution in [0, 0.1) is 0 Å². The van der Waals surface area contributed by atoms with Crippen LogP contribution >= 0.6 is 0 Å². The molecule has 0 bridgehead atoms. The monoisotopic (exact) mass is 246 g/mol. The molecule has 0 amide bonds. The summed E-state index contributed by atoms with van der Waals surface area (Å²) in [5.41, 5.74) is 2.69. The minimum Gasteiger partial charge on any atom is -0.380 e. The van der Waals surface area contributed by atoms with Crippen molar-refractivity contribution in [2.75, 3.05) is 19.8 Å². The number of hydrogen-bond donors (Lipinski definition) is 1. The molecule has 0 saturated heterocycles. The maximum Gasteiger partial charge on any atom is 0.0645 e. The Balaban J connectivity index is 2.23. The molecule has 1 heterocycles. The molecule has 3 nitrogen and oxygen atoms in total. The number of ether oxygens (including phenoxy) is 1. The Labute approximate surface area is 109 Å². The van der Waals surface area contributed by atoms with Gasteiger partial charge < -0.3 is 14.6 Å². The molecule has 0 saturated carbocycles. The molecule has 2 aromatic rings. The topological polar surface area (TPSA) is 26.2 Å². The number of hydrogen-bond acceptors (Lipinski definition) is 2. The zero-order valence-corrected chi connectivity index (χ0v) is 11.3. The molecule has 1 aromatic carbocycles. The third-order valence-corrected chi connectivity index (χ3v) is 3.12. The molecule has 0 spiro atoms. The molecular weight excluding hydrogens is 224 g/mol. The van der Waals surface area contributed by atoms with Gasteiger partial charge in [-0.1, -0.05) is 25.1 Å². The van der Waals surface area contributed by atoms with Gasteiger partial charge in [0.15, 0.2) is 0 Å². The van der Waals surface area contributed by atoms with Gasteiger partial charge in [0.2, 0.25) is 0 Å². The first-order valence-corrected chi connectivity index (χ1v) is 6.72. The summed E-state index contributed by atoms with van der Waals surface area (Å²) in [6, 6.07) is 8.67. The SMILES string of the molecule is CCNCc1cccc2ccn(CCOCC)c12. The molecule has 2 rings (SSSR count). The first-order valence-electron chi connectivity index (χ1n) is 6.72. The molecule has 0 unspecified atom stereocenters. The zero-order valence-electron chi connectivity index (χ0n) is 11.3. The molecule has 0 aliphatic carbocycles. The molecule has 98 valence electrons. The van der Waals surface area contributed by atoms with Gasteiger partial charge in [0, 0.05) is 25.9 Å². The molecule has 1 aromatic heterocycles. The fourth-order valence-corrected chi connectivity index (χ4v) is 2.24. The largest absolute Gasteiger partial charge is 0.380 e. The summed E-state index contributed by atoms with van der Waals surface area (Å²) < 4.78 is 7.73. The van der Waals surface area contributed by atoms with E-state index in [9.17, 15) is 0 Å². The van der Waals surface area contributed by atoms with Crippen LogP contribution in [0.15, 0.2) is 30.5 Å². The van der Waals surface area contributed by atoms with Crippen LogP contribution < -0.4 is 5.32 Å². The molecule has 3 heteroatoms. The van der Waals surface area contributed by atoms with Crippen molar-refractivity contribution in [3.05, 3.63) is 36.0 Å². The number of aromatic nitrogens is 1. The summed E-state index contributed by atoms with van der Waals surface area (Å²) in [6.45, 7) is 8.56. The predicted molar refractivity (Wildman–Crippen MR) is 75.8 cm³/mol. The van der Waals surface area contributed by atoms with E-state index in [0.29, 0.717) is 0 Å². The lowest BCUT2D eigenvalue weighted by Gasteiger charge is -2.10. The van der Waals surface area contributed by atoms with Crippen molar-refractivity contribution in [3.8, 4) is 0 Å². The Hall–Kier alpha value is -1.32. The maximum atomic E-state index is 5.44. The molecule has 18 heavy (non-hydrogen) atoms. The third-order valence-electron chi connectivity index (χ3n) is 3.12. The normalized spacial score (nSPS) is 11.2. The summed E-state index contributed by atoms with van der Waals surface area (Å²) >= 11 is 0. The number of para-hydroxylation sites is 1.